The molecule has 2 unspecified atom stereocenters. The van der Waals surface area contributed by atoms with E-state index in [9.17, 15) is 4.39 Å². The fourth-order valence-corrected chi connectivity index (χ4v) is 2.58. The Morgan fingerprint density at radius 2 is 2.43 bits per heavy atom. The molecule has 4 N–H and O–H groups in total. The van der Waals surface area contributed by atoms with Gasteiger partial charge in [-0.3, -0.25) is 4.84 Å². The van der Waals surface area contributed by atoms with Gasteiger partial charge in [0.25, 0.3) is 0 Å². The van der Waals surface area contributed by atoms with Crippen LogP contribution >= 0.6 is 0 Å². The zero-order valence-corrected chi connectivity index (χ0v) is 11.4. The molecule has 1 aliphatic heterocycles. The van der Waals surface area contributed by atoms with Crippen LogP contribution in [0.3, 0.4) is 0 Å². The number of aliphatic hydroxyl groups excluding tert-OH is 1. The molecule has 0 aliphatic carbocycles. The summed E-state index contributed by atoms with van der Waals surface area (Å²) >= 11 is 0. The van der Waals surface area contributed by atoms with Crippen molar-refractivity contribution in [3.8, 4) is 0 Å². The van der Waals surface area contributed by atoms with Crippen molar-refractivity contribution in [2.45, 2.75) is 18.6 Å². The molecule has 3 rings (SSSR count). The van der Waals surface area contributed by atoms with Gasteiger partial charge in [0.15, 0.2) is 17.3 Å². The van der Waals surface area contributed by atoms with Crippen LogP contribution in [0, 0.1) is 5.82 Å². The molecule has 0 saturated carbocycles. The van der Waals surface area contributed by atoms with Crippen LogP contribution in [0.25, 0.3) is 11.0 Å². The summed E-state index contributed by atoms with van der Waals surface area (Å²) in [5.74, 6) is -0.287. The first kappa shape index (κ1) is 14.0. The summed E-state index contributed by atoms with van der Waals surface area (Å²) < 4.78 is 21.3. The normalized spacial score (nSPS) is 22.0. The van der Waals surface area contributed by atoms with Crippen LogP contribution in [-0.4, -0.2) is 46.1 Å². The number of nitrogens with zero attached hydrogens (tertiary/aromatic N) is 3. The van der Waals surface area contributed by atoms with Gasteiger partial charge in [-0.1, -0.05) is 0 Å². The van der Waals surface area contributed by atoms with Crippen LogP contribution in [0.2, 0.25) is 0 Å². The lowest BCUT2D eigenvalue weighted by molar-refractivity contribution is 0.0576. The zero-order chi connectivity index (χ0) is 15.0. The van der Waals surface area contributed by atoms with Crippen molar-refractivity contribution >= 4 is 22.8 Å². The molecule has 2 atom stereocenters. The van der Waals surface area contributed by atoms with Crippen molar-refractivity contribution in [1.82, 2.24) is 14.5 Å². The van der Waals surface area contributed by atoms with Gasteiger partial charge in [-0.15, -0.1) is 0 Å². The smallest absolute Gasteiger partial charge is 0.224 e. The number of anilines is 2. The molecule has 3 heterocycles. The Kier molecular flexibility index (Phi) is 3.62. The topological polar surface area (TPSA) is 107 Å². The van der Waals surface area contributed by atoms with E-state index in [0.29, 0.717) is 18.7 Å². The van der Waals surface area contributed by atoms with E-state index in [4.69, 9.17) is 20.4 Å². The van der Waals surface area contributed by atoms with Crippen molar-refractivity contribution in [2.75, 3.05) is 31.5 Å². The Labute approximate surface area is 119 Å². The number of rotatable bonds is 4. The third-order valence-electron chi connectivity index (χ3n) is 3.50. The first-order chi connectivity index (χ1) is 10.1. The molecule has 2 aromatic heterocycles. The predicted molar refractivity (Wildman–Crippen MR) is 73.0 cm³/mol. The third-order valence-corrected chi connectivity index (χ3v) is 3.50. The average molecular weight is 297 g/mol. The van der Waals surface area contributed by atoms with E-state index in [1.807, 2.05) is 0 Å². The number of hydrogen-bond acceptors (Lipinski definition) is 7. The molecule has 0 bridgehead atoms. The molecule has 0 aromatic carbocycles. The fourth-order valence-electron chi connectivity index (χ4n) is 2.58. The lowest BCUT2D eigenvalue weighted by Crippen LogP contribution is -2.12. The average Bonchev–Trinajstić information content (AvgIpc) is 3.04. The van der Waals surface area contributed by atoms with E-state index in [1.54, 1.807) is 4.57 Å². The molecular formula is C12H16FN5O3. The molecule has 8 nitrogen and oxygen atoms in total. The van der Waals surface area contributed by atoms with Crippen molar-refractivity contribution < 1.29 is 19.1 Å². The maximum absolute atomic E-state index is 14.2. The fraction of sp³-hybridized carbons (Fsp3) is 0.500. The predicted octanol–water partition coefficient (Wildman–Crippen LogP) is 0.448. The second-order valence-corrected chi connectivity index (χ2v) is 4.85. The van der Waals surface area contributed by atoms with Gasteiger partial charge >= 0.3 is 0 Å². The summed E-state index contributed by atoms with van der Waals surface area (Å²) in [6.45, 7) is 0.317. The summed E-state index contributed by atoms with van der Waals surface area (Å²) in [6, 6.07) is -0.112. The van der Waals surface area contributed by atoms with E-state index in [0.717, 1.165) is 0 Å². The molecule has 9 heteroatoms. The number of nitrogens with one attached hydrogen (secondary N) is 1. The highest BCUT2D eigenvalue weighted by atomic mass is 19.1. The highest BCUT2D eigenvalue weighted by Gasteiger charge is 2.29. The van der Waals surface area contributed by atoms with Crippen LogP contribution in [0.15, 0.2) is 6.20 Å². The summed E-state index contributed by atoms with van der Waals surface area (Å²) in [7, 11) is 1.40. The maximum atomic E-state index is 14.2. The molecule has 114 valence electrons. The monoisotopic (exact) mass is 297 g/mol. The van der Waals surface area contributed by atoms with Gasteiger partial charge in [-0.2, -0.15) is 9.97 Å². The number of nitrogen functional groups attached to an aromatic ring is 1. The van der Waals surface area contributed by atoms with Crippen LogP contribution in [0.5, 0.6) is 0 Å². The molecule has 0 spiro atoms. The first-order valence-electron chi connectivity index (χ1n) is 6.49. The van der Waals surface area contributed by atoms with Crippen LogP contribution in [0.4, 0.5) is 16.2 Å². The largest absolute Gasteiger partial charge is 0.394 e. The van der Waals surface area contributed by atoms with E-state index < -0.39 is 5.82 Å². The highest BCUT2D eigenvalue weighted by molar-refractivity contribution is 5.89. The lowest BCUT2D eigenvalue weighted by Gasteiger charge is -2.12. The minimum absolute atomic E-state index is 0.0130. The van der Waals surface area contributed by atoms with E-state index in [-0.39, 0.29) is 35.9 Å². The first-order valence-corrected chi connectivity index (χ1v) is 6.49. The minimum Gasteiger partial charge on any atom is -0.394 e. The summed E-state index contributed by atoms with van der Waals surface area (Å²) in [5.41, 5.74) is 8.53. The van der Waals surface area contributed by atoms with Gasteiger partial charge in [0.2, 0.25) is 5.95 Å². The molecule has 1 saturated heterocycles. The quantitative estimate of drug-likeness (QED) is 0.703. The Morgan fingerprint density at radius 1 is 1.62 bits per heavy atom. The molecule has 21 heavy (non-hydrogen) atoms. The van der Waals surface area contributed by atoms with Gasteiger partial charge in [0, 0.05) is 6.20 Å². The molecule has 2 aromatic rings. The van der Waals surface area contributed by atoms with Crippen LogP contribution in [-0.2, 0) is 9.57 Å². The number of ether oxygens (including phenoxy) is 1. The van der Waals surface area contributed by atoms with Gasteiger partial charge in [0.05, 0.1) is 37.9 Å². The molecule has 0 radical (unpaired) electrons. The number of aromatic nitrogens is 3. The lowest BCUT2D eigenvalue weighted by atomic mass is 10.2. The molecule has 1 fully saturated rings. The van der Waals surface area contributed by atoms with E-state index in [1.165, 1.54) is 13.3 Å². The van der Waals surface area contributed by atoms with E-state index >= 15 is 0 Å². The summed E-state index contributed by atoms with van der Waals surface area (Å²) in [4.78, 5) is 12.8. The van der Waals surface area contributed by atoms with Crippen molar-refractivity contribution in [2.24, 2.45) is 0 Å². The molecule has 0 amide bonds. The van der Waals surface area contributed by atoms with Gasteiger partial charge in [-0.25, -0.2) is 9.87 Å². The maximum Gasteiger partial charge on any atom is 0.224 e. The molecule has 1 aliphatic rings. The highest BCUT2D eigenvalue weighted by Crippen LogP contribution is 2.32. The zero-order valence-electron chi connectivity index (χ0n) is 11.4. The summed E-state index contributed by atoms with van der Waals surface area (Å²) in [5, 5.41) is 9.33. The Hall–Kier alpha value is -1.97. The van der Waals surface area contributed by atoms with Gasteiger partial charge < -0.3 is 20.1 Å². The SMILES string of the molecule is CONc1nc(N)nc2c1c(F)cn2C1COC(CO)C1. The number of nitrogens with two attached hydrogens (primary N) is 1. The van der Waals surface area contributed by atoms with E-state index in [2.05, 4.69) is 15.4 Å². The van der Waals surface area contributed by atoms with Gasteiger partial charge in [-0.05, 0) is 6.42 Å². The third kappa shape index (κ3) is 2.39. The Bertz CT molecular complexity index is 662. The minimum atomic E-state index is -0.475. The van der Waals surface area contributed by atoms with Crippen molar-refractivity contribution in [3.63, 3.8) is 0 Å². The van der Waals surface area contributed by atoms with Crippen LogP contribution < -0.4 is 11.2 Å². The number of hydrogen-bond donors (Lipinski definition) is 3. The Morgan fingerprint density at radius 3 is 3.10 bits per heavy atom. The van der Waals surface area contributed by atoms with Crippen molar-refractivity contribution in [1.29, 1.82) is 0 Å². The second kappa shape index (κ2) is 5.43. The second-order valence-electron chi connectivity index (χ2n) is 4.85. The Balaban J connectivity index is 2.08. The number of aliphatic hydroxyl groups is 1. The standard InChI is InChI=1S/C12H16FN5O3/c1-20-17-10-9-8(13)3-18(11(9)16-12(14)15-10)6-2-7(4-19)21-5-6/h3,6-7,19H,2,4-5H2,1H3,(H3,14,15,16,17). The van der Waals surface area contributed by atoms with Crippen molar-refractivity contribution in [3.05, 3.63) is 12.0 Å². The number of fused-ring (bicyclic) bond motifs is 1. The van der Waals surface area contributed by atoms with Crippen LogP contribution in [0.1, 0.15) is 12.5 Å². The summed E-state index contributed by atoms with van der Waals surface area (Å²) in [6.07, 6.45) is 1.68. The van der Waals surface area contributed by atoms with Gasteiger partial charge in [0.1, 0.15) is 0 Å². The number of halogens is 1. The molecular weight excluding hydrogens is 281 g/mol.